The summed E-state index contributed by atoms with van der Waals surface area (Å²) in [7, 11) is 0. The van der Waals surface area contributed by atoms with Gasteiger partial charge in [0.2, 0.25) is 11.8 Å². The number of carboxylic acid groups (broad SMARTS) is 1. The zero-order chi connectivity index (χ0) is 43.5. The average Bonchev–Trinajstić information content (AvgIpc) is 3.65. The van der Waals surface area contributed by atoms with Crippen molar-refractivity contribution in [3.05, 3.63) is 54.1 Å². The molecular formula is C43H63F3N6O8. The number of nitrogens with one attached hydrogen (secondary N) is 1. The number of carbonyl (C=O) groups excluding carboxylic acids is 3. The van der Waals surface area contributed by atoms with Crippen LogP contribution in [0.3, 0.4) is 0 Å². The Bertz CT molecular complexity index is 1620. The quantitative estimate of drug-likeness (QED) is 0.232. The predicted molar refractivity (Wildman–Crippen MR) is 222 cm³/mol. The maximum atomic E-state index is 12.7. The van der Waals surface area contributed by atoms with E-state index in [4.69, 9.17) is 20.3 Å². The molecule has 0 bridgehead atoms. The molecule has 4 fully saturated rings. The third kappa shape index (κ3) is 17.1. The van der Waals surface area contributed by atoms with Crippen molar-refractivity contribution in [3.63, 3.8) is 0 Å². The molecule has 4 aliphatic heterocycles. The van der Waals surface area contributed by atoms with Crippen molar-refractivity contribution in [2.24, 2.45) is 11.8 Å². The monoisotopic (exact) mass is 848 g/mol. The number of nitrogen functional groups attached to an aromatic ring is 1. The molecule has 0 spiro atoms. The highest BCUT2D eigenvalue weighted by Gasteiger charge is 2.31. The van der Waals surface area contributed by atoms with Crippen LogP contribution in [0, 0.1) is 11.8 Å². The number of alkyl halides is 3. The number of urea groups is 1. The molecule has 1 unspecified atom stereocenters. The van der Waals surface area contributed by atoms with Crippen molar-refractivity contribution in [1.82, 2.24) is 19.6 Å². The highest BCUT2D eigenvalue weighted by molar-refractivity contribution is 5.89. The SMILES string of the molecule is CCC(C)c1ccc(NC(=O)N2CCCN(C(=O)CC3CCOCC3)CC2)cc1.Nc1ccc(OC(F)(F)F)cc1.O=C(O)N1CCCN(C(=O)CC2CCOCC2)CC1. The van der Waals surface area contributed by atoms with E-state index in [1.807, 2.05) is 26.8 Å². The molecule has 14 nitrogen and oxygen atoms in total. The molecular weight excluding hydrogens is 786 g/mol. The summed E-state index contributed by atoms with van der Waals surface area (Å²) in [4.78, 5) is 55.4. The van der Waals surface area contributed by atoms with Gasteiger partial charge in [0.05, 0.1) is 0 Å². The fourth-order valence-corrected chi connectivity index (χ4v) is 7.38. The summed E-state index contributed by atoms with van der Waals surface area (Å²) < 4.78 is 49.0. The van der Waals surface area contributed by atoms with E-state index in [-0.39, 0.29) is 23.6 Å². The van der Waals surface area contributed by atoms with E-state index in [0.29, 0.717) is 82.1 Å². The van der Waals surface area contributed by atoms with Gasteiger partial charge in [-0.3, -0.25) is 9.59 Å². The van der Waals surface area contributed by atoms with Gasteiger partial charge in [-0.1, -0.05) is 26.0 Å². The predicted octanol–water partition coefficient (Wildman–Crippen LogP) is 7.27. The Morgan fingerprint density at radius 3 is 1.65 bits per heavy atom. The van der Waals surface area contributed by atoms with Gasteiger partial charge in [0.1, 0.15) is 5.75 Å². The van der Waals surface area contributed by atoms with E-state index < -0.39 is 12.5 Å². The largest absolute Gasteiger partial charge is 0.573 e. The van der Waals surface area contributed by atoms with E-state index >= 15 is 0 Å². The lowest BCUT2D eigenvalue weighted by Crippen LogP contribution is -2.39. The first-order valence-electron chi connectivity index (χ1n) is 21.2. The summed E-state index contributed by atoms with van der Waals surface area (Å²) in [6.07, 6.45) is 2.17. The standard InChI is InChI=1S/C23H35N3O3.C13H22N2O4.C7H6F3NO/c1-3-18(2)20-5-7-21(8-6-20)24-23(28)26-12-4-11-25(13-14-26)22(27)17-19-9-15-29-16-10-19;16-12(10-11-2-8-19-9-3-11)14-4-1-5-15(7-6-14)13(17)18;8-7(9,10)12-6-3-1-5(11)2-4-6/h5-8,18-19H,3-4,9-17H2,1-2H3,(H,24,28);11H,1-10H2,(H,17,18);1-4H,11H2. The smallest absolute Gasteiger partial charge is 0.465 e. The fourth-order valence-electron chi connectivity index (χ4n) is 7.38. The number of hydrogen-bond donors (Lipinski definition) is 3. The van der Waals surface area contributed by atoms with Crippen LogP contribution in [0.5, 0.6) is 5.75 Å². The van der Waals surface area contributed by atoms with Gasteiger partial charge in [-0.05, 0) is 105 Å². The topological polar surface area (TPSA) is 167 Å². The summed E-state index contributed by atoms with van der Waals surface area (Å²) in [6, 6.07) is 13.0. The van der Waals surface area contributed by atoms with Crippen molar-refractivity contribution in [3.8, 4) is 5.75 Å². The first kappa shape index (κ1) is 47.9. The maximum absolute atomic E-state index is 12.7. The number of benzene rings is 2. The average molecular weight is 849 g/mol. The number of anilines is 2. The van der Waals surface area contributed by atoms with E-state index in [0.717, 1.165) is 95.7 Å². The van der Waals surface area contributed by atoms with E-state index in [1.165, 1.54) is 22.6 Å². The molecule has 5 amide bonds. The van der Waals surface area contributed by atoms with Crippen LogP contribution in [0.15, 0.2) is 48.5 Å². The van der Waals surface area contributed by atoms with Gasteiger partial charge in [-0.15, -0.1) is 13.2 Å². The van der Waals surface area contributed by atoms with Crippen LogP contribution >= 0.6 is 0 Å². The summed E-state index contributed by atoms with van der Waals surface area (Å²) >= 11 is 0. The molecule has 334 valence electrons. The molecule has 6 rings (SSSR count). The zero-order valence-electron chi connectivity index (χ0n) is 35.0. The van der Waals surface area contributed by atoms with Gasteiger partial charge < -0.3 is 50.0 Å². The molecule has 0 saturated carbocycles. The van der Waals surface area contributed by atoms with Crippen LogP contribution in [0.25, 0.3) is 0 Å². The lowest BCUT2D eigenvalue weighted by atomic mass is 9.96. The van der Waals surface area contributed by atoms with Gasteiger partial charge in [-0.2, -0.15) is 0 Å². The Morgan fingerprint density at radius 2 is 1.18 bits per heavy atom. The van der Waals surface area contributed by atoms with Crippen molar-refractivity contribution in [2.45, 2.75) is 83.9 Å². The lowest BCUT2D eigenvalue weighted by Gasteiger charge is -2.26. The highest BCUT2D eigenvalue weighted by Crippen LogP contribution is 2.25. The third-order valence-electron chi connectivity index (χ3n) is 11.3. The minimum Gasteiger partial charge on any atom is -0.465 e. The number of nitrogens with two attached hydrogens (primary N) is 1. The number of rotatable bonds is 8. The normalized spacial score (nSPS) is 18.7. The Morgan fingerprint density at radius 1 is 0.733 bits per heavy atom. The van der Waals surface area contributed by atoms with Crippen LogP contribution in [0.1, 0.15) is 83.1 Å². The molecule has 4 N–H and O–H groups in total. The van der Waals surface area contributed by atoms with Gasteiger partial charge in [0.25, 0.3) is 0 Å². The first-order chi connectivity index (χ1) is 28.7. The van der Waals surface area contributed by atoms with Crippen LogP contribution in [-0.4, -0.2) is 134 Å². The van der Waals surface area contributed by atoms with E-state index in [2.05, 4.69) is 36.0 Å². The second-order valence-electron chi connectivity index (χ2n) is 15.7. The molecule has 2 aromatic carbocycles. The van der Waals surface area contributed by atoms with Crippen LogP contribution in [0.4, 0.5) is 34.1 Å². The Labute approximate surface area is 351 Å². The Balaban J connectivity index is 0.000000219. The molecule has 1 atom stereocenters. The number of hydrogen-bond acceptors (Lipinski definition) is 8. The summed E-state index contributed by atoms with van der Waals surface area (Å²) in [5.74, 6) is 1.52. The van der Waals surface area contributed by atoms with Crippen molar-refractivity contribution >= 4 is 35.3 Å². The van der Waals surface area contributed by atoms with Crippen LogP contribution in [-0.2, 0) is 19.1 Å². The minimum atomic E-state index is -4.64. The lowest BCUT2D eigenvalue weighted by molar-refractivity contribution is -0.274. The molecule has 4 saturated heterocycles. The van der Waals surface area contributed by atoms with Gasteiger partial charge in [0.15, 0.2) is 0 Å². The summed E-state index contributed by atoms with van der Waals surface area (Å²) in [6.45, 7) is 12.2. The summed E-state index contributed by atoms with van der Waals surface area (Å²) in [5, 5.41) is 12.0. The molecule has 2 aromatic rings. The Kier molecular flexibility index (Phi) is 19.5. The third-order valence-corrected chi connectivity index (χ3v) is 11.3. The zero-order valence-corrected chi connectivity index (χ0v) is 35.0. The molecule has 60 heavy (non-hydrogen) atoms. The van der Waals surface area contributed by atoms with Gasteiger partial charge >= 0.3 is 18.5 Å². The first-order valence-corrected chi connectivity index (χ1v) is 21.2. The fraction of sp³-hybridized carbons (Fsp3) is 0.628. The Hall–Kier alpha value is -4.77. The number of carbonyl (C=O) groups is 4. The molecule has 4 aliphatic rings. The number of nitrogens with zero attached hydrogens (tertiary/aromatic N) is 4. The van der Waals surface area contributed by atoms with Crippen molar-refractivity contribution < 1.29 is 51.7 Å². The van der Waals surface area contributed by atoms with Gasteiger partial charge in [-0.25, -0.2) is 9.59 Å². The highest BCUT2D eigenvalue weighted by atomic mass is 19.4. The minimum absolute atomic E-state index is 0.0833. The molecule has 0 aliphatic carbocycles. The second kappa shape index (κ2) is 24.5. The van der Waals surface area contributed by atoms with Crippen LogP contribution in [0.2, 0.25) is 0 Å². The van der Waals surface area contributed by atoms with Crippen molar-refractivity contribution in [2.75, 3.05) is 89.8 Å². The van der Waals surface area contributed by atoms with E-state index in [9.17, 15) is 32.3 Å². The number of amides is 5. The molecule has 0 radical (unpaired) electrons. The van der Waals surface area contributed by atoms with E-state index in [1.54, 1.807) is 0 Å². The second-order valence-corrected chi connectivity index (χ2v) is 15.7. The van der Waals surface area contributed by atoms with Crippen LogP contribution < -0.4 is 15.8 Å². The molecule has 17 heteroatoms. The number of halogens is 3. The number of ether oxygens (including phenoxy) is 3. The maximum Gasteiger partial charge on any atom is 0.573 e. The van der Waals surface area contributed by atoms with Crippen molar-refractivity contribution in [1.29, 1.82) is 0 Å². The molecule has 0 aromatic heterocycles. The van der Waals surface area contributed by atoms with Gasteiger partial charge in [0, 0.05) is 103 Å². The summed E-state index contributed by atoms with van der Waals surface area (Å²) in [5.41, 5.74) is 7.76. The molecule has 4 heterocycles.